The van der Waals surface area contributed by atoms with Gasteiger partial charge in [0.05, 0.1) is 0 Å². The van der Waals surface area contributed by atoms with Crippen LogP contribution in [0.15, 0.2) is 51.7 Å². The highest BCUT2D eigenvalue weighted by molar-refractivity contribution is 5.72. The van der Waals surface area contributed by atoms with Gasteiger partial charge in [-0.05, 0) is 37.6 Å². The molecular weight excluding hydrogens is 276 g/mol. The number of nitriles is 1. The molecule has 0 saturated carbocycles. The molecular formula is C18H14N2O2. The van der Waals surface area contributed by atoms with Gasteiger partial charge in [-0.1, -0.05) is 24.3 Å². The van der Waals surface area contributed by atoms with Gasteiger partial charge in [-0.15, -0.1) is 0 Å². The Balaban J connectivity index is 2.08. The van der Waals surface area contributed by atoms with Crippen LogP contribution in [0.25, 0.3) is 22.5 Å². The highest BCUT2D eigenvalue weighted by atomic mass is 16.3. The fourth-order valence-electron chi connectivity index (χ4n) is 2.43. The number of aryl methyl sites for hydroxylation is 2. The van der Waals surface area contributed by atoms with Gasteiger partial charge in [0.15, 0.2) is 0 Å². The number of hydrogen-bond donors (Lipinski definition) is 1. The van der Waals surface area contributed by atoms with Crippen molar-refractivity contribution >= 4 is 0 Å². The normalized spacial score (nSPS) is 10.4. The van der Waals surface area contributed by atoms with Gasteiger partial charge in [-0.2, -0.15) is 5.26 Å². The van der Waals surface area contributed by atoms with Crippen molar-refractivity contribution in [2.75, 3.05) is 0 Å². The molecule has 1 N–H and O–H groups in total. The van der Waals surface area contributed by atoms with Crippen LogP contribution in [0, 0.1) is 25.2 Å². The second-order valence-corrected chi connectivity index (χ2v) is 5.17. The first-order valence-corrected chi connectivity index (χ1v) is 6.90. The van der Waals surface area contributed by atoms with Gasteiger partial charge in [-0.25, -0.2) is 0 Å². The molecule has 2 heterocycles. The quantitative estimate of drug-likeness (QED) is 0.780. The average Bonchev–Trinajstić information content (AvgIpc) is 2.93. The second kappa shape index (κ2) is 5.38. The van der Waals surface area contributed by atoms with Crippen LogP contribution in [0.4, 0.5) is 0 Å². The van der Waals surface area contributed by atoms with Gasteiger partial charge in [0.25, 0.3) is 5.56 Å². The zero-order valence-corrected chi connectivity index (χ0v) is 12.3. The maximum atomic E-state index is 11.9. The van der Waals surface area contributed by atoms with E-state index in [1.807, 2.05) is 55.5 Å². The Morgan fingerprint density at radius 1 is 1.05 bits per heavy atom. The monoisotopic (exact) mass is 290 g/mol. The Bertz CT molecular complexity index is 925. The highest BCUT2D eigenvalue weighted by Crippen LogP contribution is 2.27. The van der Waals surface area contributed by atoms with Gasteiger partial charge in [0.1, 0.15) is 23.2 Å². The number of benzene rings is 1. The summed E-state index contributed by atoms with van der Waals surface area (Å²) in [6.07, 6.45) is 0. The number of aromatic nitrogens is 1. The number of pyridine rings is 1. The molecule has 0 radical (unpaired) electrons. The molecule has 4 nitrogen and oxygen atoms in total. The maximum Gasteiger partial charge on any atom is 0.266 e. The summed E-state index contributed by atoms with van der Waals surface area (Å²) in [5.74, 6) is 1.66. The van der Waals surface area contributed by atoms with Crippen LogP contribution in [0.3, 0.4) is 0 Å². The molecule has 0 atom stereocenters. The lowest BCUT2D eigenvalue weighted by Gasteiger charge is -2.06. The first kappa shape index (κ1) is 13.9. The standard InChI is InChI=1S/C18H14N2O2/c1-11-9-15(16(10-19)18(21)20-11)13-4-6-14(7-5-13)17-8-3-12(2)22-17/h3-9H,1-2H3,(H,20,21). The summed E-state index contributed by atoms with van der Waals surface area (Å²) in [5, 5.41) is 9.20. The van der Waals surface area contributed by atoms with Crippen molar-refractivity contribution in [1.29, 1.82) is 5.26 Å². The summed E-state index contributed by atoms with van der Waals surface area (Å²) in [6.45, 7) is 3.70. The zero-order valence-electron chi connectivity index (χ0n) is 12.3. The number of furan rings is 1. The fourth-order valence-corrected chi connectivity index (χ4v) is 2.43. The predicted octanol–water partition coefficient (Wildman–Crippen LogP) is 3.79. The average molecular weight is 290 g/mol. The molecule has 0 saturated heterocycles. The third-order valence-electron chi connectivity index (χ3n) is 3.50. The Labute approximate surface area is 127 Å². The Kier molecular flexibility index (Phi) is 3.40. The summed E-state index contributed by atoms with van der Waals surface area (Å²) < 4.78 is 5.59. The number of aromatic amines is 1. The molecule has 0 fully saturated rings. The van der Waals surface area contributed by atoms with Crippen molar-refractivity contribution in [1.82, 2.24) is 4.98 Å². The molecule has 0 aliphatic rings. The second-order valence-electron chi connectivity index (χ2n) is 5.17. The van der Waals surface area contributed by atoms with Crippen molar-refractivity contribution in [3.8, 4) is 28.5 Å². The largest absolute Gasteiger partial charge is 0.461 e. The number of rotatable bonds is 2. The first-order valence-electron chi connectivity index (χ1n) is 6.90. The van der Waals surface area contributed by atoms with Crippen molar-refractivity contribution in [2.45, 2.75) is 13.8 Å². The number of hydrogen-bond acceptors (Lipinski definition) is 3. The number of nitrogens with one attached hydrogen (secondary N) is 1. The van der Waals surface area contributed by atoms with Gasteiger partial charge >= 0.3 is 0 Å². The third kappa shape index (κ3) is 2.45. The van der Waals surface area contributed by atoms with Crippen molar-refractivity contribution in [3.05, 3.63) is 69.8 Å². The van der Waals surface area contributed by atoms with Crippen LogP contribution in [-0.2, 0) is 0 Å². The minimum atomic E-state index is -0.358. The molecule has 0 unspecified atom stereocenters. The van der Waals surface area contributed by atoms with E-state index in [2.05, 4.69) is 4.98 Å². The van der Waals surface area contributed by atoms with E-state index in [0.717, 1.165) is 28.3 Å². The lowest BCUT2D eigenvalue weighted by Crippen LogP contribution is -2.12. The van der Waals surface area contributed by atoms with Crippen molar-refractivity contribution < 1.29 is 4.42 Å². The molecule has 0 aliphatic heterocycles. The molecule has 0 aliphatic carbocycles. The summed E-state index contributed by atoms with van der Waals surface area (Å²) in [5.41, 5.74) is 2.93. The summed E-state index contributed by atoms with van der Waals surface area (Å²) in [6, 6.07) is 15.2. The van der Waals surface area contributed by atoms with Crippen LogP contribution in [0.2, 0.25) is 0 Å². The van der Waals surface area contributed by atoms with E-state index in [-0.39, 0.29) is 11.1 Å². The van der Waals surface area contributed by atoms with Crippen LogP contribution >= 0.6 is 0 Å². The minimum absolute atomic E-state index is 0.132. The molecule has 3 aromatic rings. The van der Waals surface area contributed by atoms with Gasteiger partial charge < -0.3 is 9.40 Å². The van der Waals surface area contributed by atoms with Crippen LogP contribution in [0.5, 0.6) is 0 Å². The molecule has 0 spiro atoms. The molecule has 0 amide bonds. The van der Waals surface area contributed by atoms with Crippen molar-refractivity contribution in [2.24, 2.45) is 0 Å². The molecule has 2 aromatic heterocycles. The van der Waals surface area contributed by atoms with Crippen LogP contribution in [0.1, 0.15) is 17.0 Å². The SMILES string of the molecule is Cc1cc(-c2ccc(-c3ccc(C)o3)cc2)c(C#N)c(=O)[nH]1. The van der Waals surface area contributed by atoms with Gasteiger partial charge in [0, 0.05) is 16.8 Å². The van der Waals surface area contributed by atoms with Gasteiger partial charge in [0.2, 0.25) is 0 Å². The van der Waals surface area contributed by atoms with E-state index in [9.17, 15) is 10.1 Å². The van der Waals surface area contributed by atoms with Crippen molar-refractivity contribution in [3.63, 3.8) is 0 Å². The molecule has 22 heavy (non-hydrogen) atoms. The number of nitrogens with zero attached hydrogens (tertiary/aromatic N) is 1. The van der Waals surface area contributed by atoms with E-state index in [0.29, 0.717) is 5.56 Å². The smallest absolute Gasteiger partial charge is 0.266 e. The summed E-state index contributed by atoms with van der Waals surface area (Å²) in [4.78, 5) is 14.5. The summed E-state index contributed by atoms with van der Waals surface area (Å²) in [7, 11) is 0. The molecule has 3 rings (SSSR count). The lowest BCUT2D eigenvalue weighted by atomic mass is 9.99. The maximum absolute atomic E-state index is 11.9. The van der Waals surface area contributed by atoms with Crippen LogP contribution < -0.4 is 5.56 Å². The Hall–Kier alpha value is -3.06. The van der Waals surface area contributed by atoms with Crippen LogP contribution in [-0.4, -0.2) is 4.98 Å². The molecule has 108 valence electrons. The van der Waals surface area contributed by atoms with E-state index in [1.54, 1.807) is 6.92 Å². The molecule has 4 heteroatoms. The topological polar surface area (TPSA) is 69.8 Å². The van der Waals surface area contributed by atoms with E-state index >= 15 is 0 Å². The van der Waals surface area contributed by atoms with E-state index in [1.165, 1.54) is 0 Å². The zero-order chi connectivity index (χ0) is 15.7. The Morgan fingerprint density at radius 3 is 2.32 bits per heavy atom. The first-order chi connectivity index (χ1) is 10.6. The lowest BCUT2D eigenvalue weighted by molar-refractivity contribution is 0.548. The highest BCUT2D eigenvalue weighted by Gasteiger charge is 2.11. The Morgan fingerprint density at radius 2 is 1.73 bits per heavy atom. The third-order valence-corrected chi connectivity index (χ3v) is 3.50. The fraction of sp³-hybridized carbons (Fsp3) is 0.111. The number of H-pyrrole nitrogens is 1. The molecule has 1 aromatic carbocycles. The predicted molar refractivity (Wildman–Crippen MR) is 84.4 cm³/mol. The van der Waals surface area contributed by atoms with Gasteiger partial charge in [-0.3, -0.25) is 4.79 Å². The van der Waals surface area contributed by atoms with E-state index in [4.69, 9.17) is 4.42 Å². The summed E-state index contributed by atoms with van der Waals surface area (Å²) >= 11 is 0. The molecule has 0 bridgehead atoms. The minimum Gasteiger partial charge on any atom is -0.461 e. The van der Waals surface area contributed by atoms with E-state index < -0.39 is 0 Å².